The first-order valence-electron chi connectivity index (χ1n) is 8.66. The number of esters is 3. The van der Waals surface area contributed by atoms with Gasteiger partial charge in [0.15, 0.2) is 5.41 Å². The third-order valence-electron chi connectivity index (χ3n) is 4.52. The maximum atomic E-state index is 13.2. The second-order valence-electron chi connectivity index (χ2n) is 7.52. The summed E-state index contributed by atoms with van der Waals surface area (Å²) in [6.45, 7) is 6.58. The van der Waals surface area contributed by atoms with E-state index in [1.165, 1.54) is 14.0 Å². The summed E-state index contributed by atoms with van der Waals surface area (Å²) in [5.41, 5.74) is 3.92. The summed E-state index contributed by atoms with van der Waals surface area (Å²) < 4.78 is 15.7. The molecule has 8 nitrogen and oxygen atoms in total. The van der Waals surface area contributed by atoms with Crippen LogP contribution in [0.25, 0.3) is 0 Å². The van der Waals surface area contributed by atoms with E-state index >= 15 is 0 Å². The molecule has 148 valence electrons. The molecule has 1 aromatic rings. The normalized spacial score (nSPS) is 21.2. The minimum atomic E-state index is -1.88. The lowest BCUT2D eigenvalue weighted by Crippen LogP contribution is -2.48. The smallest absolute Gasteiger partial charge is 0.339 e. The Balaban J connectivity index is 2.37. The third kappa shape index (κ3) is 2.72. The van der Waals surface area contributed by atoms with Crippen LogP contribution in [-0.2, 0) is 34.0 Å². The Morgan fingerprint density at radius 2 is 1.79 bits per heavy atom. The number of methoxy groups -OCH3 is 1. The fourth-order valence-corrected chi connectivity index (χ4v) is 3.56. The van der Waals surface area contributed by atoms with Crippen molar-refractivity contribution in [2.45, 2.75) is 38.7 Å². The predicted octanol–water partition coefficient (Wildman–Crippen LogP) is 1.87. The van der Waals surface area contributed by atoms with Crippen molar-refractivity contribution in [3.8, 4) is 0 Å². The second kappa shape index (κ2) is 6.40. The van der Waals surface area contributed by atoms with Gasteiger partial charge in [-0.15, -0.1) is 0 Å². The molecule has 0 amide bonds. The fourth-order valence-electron chi connectivity index (χ4n) is 3.56. The van der Waals surface area contributed by atoms with Gasteiger partial charge in [0.2, 0.25) is 0 Å². The molecule has 0 aliphatic carbocycles. The molecule has 2 aliphatic heterocycles. The van der Waals surface area contributed by atoms with E-state index in [9.17, 15) is 14.4 Å². The lowest BCUT2D eigenvalue weighted by molar-refractivity contribution is -0.152. The van der Waals surface area contributed by atoms with Gasteiger partial charge in [0.1, 0.15) is 28.3 Å². The summed E-state index contributed by atoms with van der Waals surface area (Å²) in [5, 5.41) is 2.89. The van der Waals surface area contributed by atoms with E-state index in [-0.39, 0.29) is 22.7 Å². The number of fused-ring (bicyclic) bond motifs is 2. The number of ether oxygens (including phenoxy) is 3. The molecule has 0 saturated carbocycles. The minimum Gasteiger partial charge on any atom is -0.466 e. The number of nitrogens with two attached hydrogens (primary N) is 1. The molecule has 0 aromatic heterocycles. The summed E-state index contributed by atoms with van der Waals surface area (Å²) in [7, 11) is 1.17. The fraction of sp³-hybridized carbons (Fsp3) is 0.350. The van der Waals surface area contributed by atoms with E-state index in [1.807, 2.05) is 0 Å². The predicted molar refractivity (Wildman–Crippen MR) is 99.6 cm³/mol. The highest BCUT2D eigenvalue weighted by atomic mass is 16.6. The highest BCUT2D eigenvalue weighted by Crippen LogP contribution is 2.52. The zero-order valence-corrected chi connectivity index (χ0v) is 16.3. The second-order valence-corrected chi connectivity index (χ2v) is 7.52. The van der Waals surface area contributed by atoms with Crippen molar-refractivity contribution in [1.82, 2.24) is 0 Å². The molecule has 2 aliphatic rings. The minimum absolute atomic E-state index is 0.0464. The van der Waals surface area contributed by atoms with Crippen LogP contribution in [-0.4, -0.2) is 30.6 Å². The largest absolute Gasteiger partial charge is 0.466 e. The molecule has 0 unspecified atom stereocenters. The number of hydrogen-bond donors (Lipinski definition) is 2. The molecule has 3 rings (SSSR count). The number of rotatable bonds is 2. The molecule has 1 spiro atoms. The quantitative estimate of drug-likeness (QED) is 0.584. The van der Waals surface area contributed by atoms with Crippen LogP contribution in [0.1, 0.15) is 33.3 Å². The van der Waals surface area contributed by atoms with Crippen molar-refractivity contribution >= 4 is 23.6 Å². The number of cyclic esters (lactones) is 1. The van der Waals surface area contributed by atoms with Gasteiger partial charge in [-0.1, -0.05) is 18.2 Å². The van der Waals surface area contributed by atoms with Gasteiger partial charge in [0.25, 0.3) is 0 Å². The number of carbonyl (C=O) groups is 3. The van der Waals surface area contributed by atoms with Crippen LogP contribution in [0.15, 0.2) is 47.0 Å². The summed E-state index contributed by atoms with van der Waals surface area (Å²) in [5.74, 6) is -2.50. The van der Waals surface area contributed by atoms with E-state index in [1.54, 1.807) is 45.0 Å². The first kappa shape index (κ1) is 19.5. The summed E-state index contributed by atoms with van der Waals surface area (Å²) in [6, 6.07) is 6.74. The van der Waals surface area contributed by atoms with Crippen LogP contribution in [0.3, 0.4) is 0 Å². The highest BCUT2D eigenvalue weighted by molar-refractivity contribution is 6.15. The Hall–Kier alpha value is -3.29. The van der Waals surface area contributed by atoms with Gasteiger partial charge in [-0.05, 0) is 33.8 Å². The lowest BCUT2D eigenvalue weighted by atomic mass is 9.67. The molecule has 0 fully saturated rings. The van der Waals surface area contributed by atoms with E-state index in [4.69, 9.17) is 19.9 Å². The van der Waals surface area contributed by atoms with Crippen LogP contribution >= 0.6 is 0 Å². The SMILES string of the molecule is COC(=O)C1=C(N)Nc2ccccc2[C@]12C(=O)OC(C)=C2C(=O)OC(C)(C)C. The molecular weight excluding hydrogens is 364 g/mol. The molecule has 1 atom stereocenters. The maximum absolute atomic E-state index is 13.2. The highest BCUT2D eigenvalue weighted by Gasteiger charge is 2.62. The van der Waals surface area contributed by atoms with Gasteiger partial charge in [0.05, 0.1) is 7.11 Å². The van der Waals surface area contributed by atoms with Gasteiger partial charge in [-0.25, -0.2) is 14.4 Å². The van der Waals surface area contributed by atoms with E-state index in [2.05, 4.69) is 5.32 Å². The van der Waals surface area contributed by atoms with Crippen molar-refractivity contribution in [2.75, 3.05) is 12.4 Å². The summed E-state index contributed by atoms with van der Waals surface area (Å²) >= 11 is 0. The molecule has 3 N–H and O–H groups in total. The number of carbonyl (C=O) groups excluding carboxylic acids is 3. The van der Waals surface area contributed by atoms with Crippen molar-refractivity contribution in [3.05, 3.63) is 52.6 Å². The van der Waals surface area contributed by atoms with Crippen LogP contribution < -0.4 is 11.1 Å². The topological polar surface area (TPSA) is 117 Å². The zero-order valence-electron chi connectivity index (χ0n) is 16.3. The Labute approximate surface area is 162 Å². The number of anilines is 1. The molecule has 0 bridgehead atoms. The van der Waals surface area contributed by atoms with Gasteiger partial charge >= 0.3 is 17.9 Å². The first-order chi connectivity index (χ1) is 13.0. The number of nitrogens with one attached hydrogen (secondary N) is 1. The van der Waals surface area contributed by atoms with Gasteiger partial charge < -0.3 is 25.3 Å². The van der Waals surface area contributed by atoms with Crippen molar-refractivity contribution in [1.29, 1.82) is 0 Å². The Morgan fingerprint density at radius 3 is 2.39 bits per heavy atom. The number of benzene rings is 1. The molecule has 0 saturated heterocycles. The molecule has 0 radical (unpaired) electrons. The zero-order chi connectivity index (χ0) is 20.9. The Morgan fingerprint density at radius 1 is 1.14 bits per heavy atom. The van der Waals surface area contributed by atoms with E-state index in [0.29, 0.717) is 11.3 Å². The maximum Gasteiger partial charge on any atom is 0.339 e. The van der Waals surface area contributed by atoms with Gasteiger partial charge in [-0.3, -0.25) is 0 Å². The standard InChI is InChI=1S/C20H22N2O6/c1-10-13(17(24)28-19(2,3)4)20(18(25)27-10)11-8-6-7-9-12(11)22-15(21)14(20)16(23)26-5/h6-9,22H,21H2,1-5H3/t20-/m1/s1. The van der Waals surface area contributed by atoms with Crippen molar-refractivity contribution < 1.29 is 28.6 Å². The Bertz CT molecular complexity index is 954. The molecular formula is C20H22N2O6. The monoisotopic (exact) mass is 386 g/mol. The van der Waals surface area contributed by atoms with Crippen molar-refractivity contribution in [2.24, 2.45) is 5.73 Å². The first-order valence-corrected chi connectivity index (χ1v) is 8.66. The number of hydrogen-bond acceptors (Lipinski definition) is 8. The third-order valence-corrected chi connectivity index (χ3v) is 4.52. The van der Waals surface area contributed by atoms with Gasteiger partial charge in [0, 0.05) is 11.3 Å². The number of allylic oxidation sites excluding steroid dienone is 1. The average molecular weight is 386 g/mol. The molecule has 28 heavy (non-hydrogen) atoms. The van der Waals surface area contributed by atoms with Gasteiger partial charge in [-0.2, -0.15) is 0 Å². The molecule has 1 aromatic carbocycles. The molecule has 8 heteroatoms. The van der Waals surface area contributed by atoms with Crippen LogP contribution in [0.5, 0.6) is 0 Å². The lowest BCUT2D eigenvalue weighted by Gasteiger charge is -2.36. The summed E-state index contributed by atoms with van der Waals surface area (Å²) in [4.78, 5) is 39.0. The molecule has 2 heterocycles. The Kier molecular flexibility index (Phi) is 4.45. The van der Waals surface area contributed by atoms with E-state index in [0.717, 1.165) is 0 Å². The van der Waals surface area contributed by atoms with Crippen LogP contribution in [0.4, 0.5) is 5.69 Å². The average Bonchev–Trinajstić information content (AvgIpc) is 2.84. The van der Waals surface area contributed by atoms with E-state index < -0.39 is 28.9 Å². The van der Waals surface area contributed by atoms with Crippen LogP contribution in [0, 0.1) is 0 Å². The number of para-hydroxylation sites is 1. The van der Waals surface area contributed by atoms with Crippen LogP contribution in [0.2, 0.25) is 0 Å². The summed E-state index contributed by atoms with van der Waals surface area (Å²) in [6.07, 6.45) is 0. The van der Waals surface area contributed by atoms with Crippen molar-refractivity contribution in [3.63, 3.8) is 0 Å².